The number of nitrogens with one attached hydrogen (secondary N) is 2. The van der Waals surface area contributed by atoms with Gasteiger partial charge in [-0.15, -0.1) is 0 Å². The van der Waals surface area contributed by atoms with Gasteiger partial charge in [0, 0.05) is 18.7 Å². The Labute approximate surface area is 131 Å². The van der Waals surface area contributed by atoms with E-state index in [4.69, 9.17) is 10.5 Å². The molecule has 1 aromatic rings. The maximum atomic E-state index is 11.9. The molecule has 0 heterocycles. The fourth-order valence-electron chi connectivity index (χ4n) is 2.03. The summed E-state index contributed by atoms with van der Waals surface area (Å²) in [4.78, 5) is 23.8. The van der Waals surface area contributed by atoms with Gasteiger partial charge in [0.05, 0.1) is 12.6 Å². The zero-order chi connectivity index (χ0) is 16.6. The number of hydrogen-bond acceptors (Lipinski definition) is 4. The van der Waals surface area contributed by atoms with Crippen LogP contribution in [-0.2, 0) is 4.79 Å². The third-order valence-corrected chi connectivity index (χ3v) is 3.34. The number of amides is 2. The summed E-state index contributed by atoms with van der Waals surface area (Å²) >= 11 is 0. The summed E-state index contributed by atoms with van der Waals surface area (Å²) in [6, 6.07) is 6.82. The molecule has 1 rings (SSSR count). The van der Waals surface area contributed by atoms with Crippen LogP contribution in [0.5, 0.6) is 5.75 Å². The lowest BCUT2D eigenvalue weighted by Gasteiger charge is -2.22. The monoisotopic (exact) mass is 307 g/mol. The predicted octanol–water partition coefficient (Wildman–Crippen LogP) is 1.06. The Hall–Kier alpha value is -2.08. The Morgan fingerprint density at radius 3 is 2.32 bits per heavy atom. The first kappa shape index (κ1) is 18.0. The zero-order valence-corrected chi connectivity index (χ0v) is 13.4. The Kier molecular flexibility index (Phi) is 6.85. The first-order valence-electron chi connectivity index (χ1n) is 7.40. The van der Waals surface area contributed by atoms with Gasteiger partial charge in [0.15, 0.2) is 0 Å². The molecule has 1 atom stereocenters. The van der Waals surface area contributed by atoms with Crippen LogP contribution in [-0.4, -0.2) is 37.6 Å². The molecule has 1 unspecified atom stereocenters. The first-order valence-corrected chi connectivity index (χ1v) is 7.40. The van der Waals surface area contributed by atoms with E-state index in [0.717, 1.165) is 6.42 Å². The summed E-state index contributed by atoms with van der Waals surface area (Å²) in [6.07, 6.45) is 1.46. The van der Waals surface area contributed by atoms with Crippen molar-refractivity contribution in [2.45, 2.75) is 32.2 Å². The fourth-order valence-corrected chi connectivity index (χ4v) is 2.03. The minimum atomic E-state index is -0.866. The molecule has 0 radical (unpaired) electrons. The minimum Gasteiger partial charge on any atom is -0.497 e. The van der Waals surface area contributed by atoms with Crippen molar-refractivity contribution in [2.24, 2.45) is 5.73 Å². The second-order valence-electron chi connectivity index (χ2n) is 5.41. The van der Waals surface area contributed by atoms with Gasteiger partial charge in [0.25, 0.3) is 5.91 Å². The van der Waals surface area contributed by atoms with E-state index in [1.165, 1.54) is 0 Å². The zero-order valence-electron chi connectivity index (χ0n) is 13.4. The average molecular weight is 307 g/mol. The van der Waals surface area contributed by atoms with Crippen LogP contribution in [0.4, 0.5) is 0 Å². The van der Waals surface area contributed by atoms with Crippen molar-refractivity contribution in [2.75, 3.05) is 20.2 Å². The molecule has 0 aliphatic rings. The van der Waals surface area contributed by atoms with Crippen LogP contribution in [0.2, 0.25) is 0 Å². The van der Waals surface area contributed by atoms with Gasteiger partial charge in [0.2, 0.25) is 5.91 Å². The molecule has 0 aliphatic heterocycles. The number of carbonyl (C=O) groups is 2. The number of methoxy groups -OCH3 is 1. The maximum Gasteiger partial charge on any atom is 0.251 e. The molecule has 0 fully saturated rings. The van der Waals surface area contributed by atoms with Gasteiger partial charge in [0.1, 0.15) is 5.75 Å². The Balaban J connectivity index is 2.34. The van der Waals surface area contributed by atoms with Gasteiger partial charge in [-0.25, -0.2) is 0 Å². The van der Waals surface area contributed by atoms with E-state index in [-0.39, 0.29) is 11.8 Å². The largest absolute Gasteiger partial charge is 0.497 e. The molecular formula is C16H25N3O3. The Morgan fingerprint density at radius 2 is 1.77 bits per heavy atom. The normalized spacial score (nSPS) is 13.1. The topological polar surface area (TPSA) is 93.5 Å². The molecule has 22 heavy (non-hydrogen) atoms. The van der Waals surface area contributed by atoms with Crippen LogP contribution in [0.3, 0.4) is 0 Å². The number of rotatable bonds is 8. The van der Waals surface area contributed by atoms with Crippen molar-refractivity contribution < 1.29 is 14.3 Å². The lowest BCUT2D eigenvalue weighted by Crippen LogP contribution is -2.52. The molecule has 2 amide bonds. The molecule has 0 saturated carbocycles. The van der Waals surface area contributed by atoms with Gasteiger partial charge in [-0.2, -0.15) is 0 Å². The van der Waals surface area contributed by atoms with Gasteiger partial charge >= 0.3 is 0 Å². The molecule has 0 bridgehead atoms. The molecule has 6 nitrogen and oxygen atoms in total. The highest BCUT2D eigenvalue weighted by molar-refractivity contribution is 5.94. The summed E-state index contributed by atoms with van der Waals surface area (Å²) in [6.45, 7) is 4.38. The van der Waals surface area contributed by atoms with Gasteiger partial charge in [-0.3, -0.25) is 9.59 Å². The first-order chi connectivity index (χ1) is 10.4. The van der Waals surface area contributed by atoms with Crippen LogP contribution in [0, 0.1) is 0 Å². The van der Waals surface area contributed by atoms with Crippen molar-refractivity contribution in [1.82, 2.24) is 10.6 Å². The van der Waals surface area contributed by atoms with E-state index in [2.05, 4.69) is 10.6 Å². The van der Waals surface area contributed by atoms with Crippen molar-refractivity contribution in [3.05, 3.63) is 29.8 Å². The minimum absolute atomic E-state index is 0.194. The number of nitrogens with two attached hydrogens (primary N) is 1. The van der Waals surface area contributed by atoms with Crippen molar-refractivity contribution in [3.8, 4) is 5.75 Å². The number of hydrogen-bond donors (Lipinski definition) is 3. The molecule has 0 saturated heterocycles. The summed E-state index contributed by atoms with van der Waals surface area (Å²) in [5.74, 6) is 0.302. The van der Waals surface area contributed by atoms with Crippen LogP contribution in [0.15, 0.2) is 24.3 Å². The quantitative estimate of drug-likeness (QED) is 0.626. The standard InChI is InChI=1S/C16H25N3O3/c1-4-9-16(2,17)15(21)19-11-10-18-14(20)12-5-7-13(22-3)8-6-12/h5-8H,4,9-11,17H2,1-3H3,(H,18,20)(H,19,21). The highest BCUT2D eigenvalue weighted by atomic mass is 16.5. The van der Waals surface area contributed by atoms with Crippen molar-refractivity contribution in [3.63, 3.8) is 0 Å². The highest BCUT2D eigenvalue weighted by Crippen LogP contribution is 2.11. The van der Waals surface area contributed by atoms with E-state index < -0.39 is 5.54 Å². The second-order valence-corrected chi connectivity index (χ2v) is 5.41. The fraction of sp³-hybridized carbons (Fsp3) is 0.500. The number of carbonyl (C=O) groups excluding carboxylic acids is 2. The van der Waals surface area contributed by atoms with Crippen LogP contribution in [0.25, 0.3) is 0 Å². The average Bonchev–Trinajstić information content (AvgIpc) is 2.51. The molecule has 0 aliphatic carbocycles. The summed E-state index contributed by atoms with van der Waals surface area (Å²) in [5, 5.41) is 5.47. The van der Waals surface area contributed by atoms with E-state index >= 15 is 0 Å². The third-order valence-electron chi connectivity index (χ3n) is 3.34. The van der Waals surface area contributed by atoms with Crippen LogP contribution in [0.1, 0.15) is 37.0 Å². The molecule has 1 aromatic carbocycles. The van der Waals surface area contributed by atoms with Crippen LogP contribution >= 0.6 is 0 Å². The van der Waals surface area contributed by atoms with Gasteiger partial charge in [-0.05, 0) is 37.6 Å². The highest BCUT2D eigenvalue weighted by Gasteiger charge is 2.26. The lowest BCUT2D eigenvalue weighted by atomic mass is 9.97. The van der Waals surface area contributed by atoms with Gasteiger partial charge in [-0.1, -0.05) is 13.3 Å². The lowest BCUT2D eigenvalue weighted by molar-refractivity contribution is -0.126. The molecule has 6 heteroatoms. The molecule has 0 aromatic heterocycles. The summed E-state index contributed by atoms with van der Waals surface area (Å²) < 4.78 is 5.03. The van der Waals surface area contributed by atoms with E-state index in [0.29, 0.717) is 30.8 Å². The third kappa shape index (κ3) is 5.37. The molecular weight excluding hydrogens is 282 g/mol. The van der Waals surface area contributed by atoms with Crippen LogP contribution < -0.4 is 21.1 Å². The van der Waals surface area contributed by atoms with E-state index in [9.17, 15) is 9.59 Å². The summed E-state index contributed by atoms with van der Waals surface area (Å²) in [7, 11) is 1.57. The molecule has 4 N–H and O–H groups in total. The maximum absolute atomic E-state index is 11.9. The van der Waals surface area contributed by atoms with Crippen molar-refractivity contribution >= 4 is 11.8 Å². The Bertz CT molecular complexity index is 498. The predicted molar refractivity (Wildman–Crippen MR) is 85.8 cm³/mol. The van der Waals surface area contributed by atoms with E-state index in [1.54, 1.807) is 38.3 Å². The Morgan fingerprint density at radius 1 is 1.18 bits per heavy atom. The second kappa shape index (κ2) is 8.38. The van der Waals surface area contributed by atoms with E-state index in [1.807, 2.05) is 6.92 Å². The van der Waals surface area contributed by atoms with Crippen molar-refractivity contribution in [1.29, 1.82) is 0 Å². The smallest absolute Gasteiger partial charge is 0.251 e. The van der Waals surface area contributed by atoms with Gasteiger partial charge < -0.3 is 21.1 Å². The molecule has 0 spiro atoms. The summed E-state index contributed by atoms with van der Waals surface area (Å²) in [5.41, 5.74) is 5.60. The SMILES string of the molecule is CCCC(C)(N)C(=O)NCCNC(=O)c1ccc(OC)cc1. The number of benzene rings is 1. The molecule has 122 valence electrons. The number of ether oxygens (including phenoxy) is 1.